The zero-order chi connectivity index (χ0) is 22.4. The van der Waals surface area contributed by atoms with Crippen LogP contribution < -0.4 is 0 Å². The smallest absolute Gasteiger partial charge is 0.336 e. The molecular formula is C22H22ClF3N4O2. The third-order valence-corrected chi connectivity index (χ3v) is 7.87. The van der Waals surface area contributed by atoms with Crippen LogP contribution in [0.1, 0.15) is 59.6 Å². The molecule has 0 bridgehead atoms. The highest BCUT2D eigenvalue weighted by atomic mass is 35.5. The van der Waals surface area contributed by atoms with Crippen molar-refractivity contribution in [2.45, 2.75) is 50.2 Å². The minimum absolute atomic E-state index is 0.0748. The number of fused-ring (bicyclic) bond motifs is 2. The summed E-state index contributed by atoms with van der Waals surface area (Å²) in [5.41, 5.74) is -0.980. The van der Waals surface area contributed by atoms with E-state index in [0.717, 1.165) is 36.2 Å². The van der Waals surface area contributed by atoms with E-state index >= 15 is 0 Å². The number of aromatic nitrogens is 2. The number of halogens is 4. The molecule has 1 aliphatic heterocycles. The molecule has 2 unspecified atom stereocenters. The molecule has 2 atom stereocenters. The van der Waals surface area contributed by atoms with Crippen molar-refractivity contribution in [1.29, 1.82) is 0 Å². The Morgan fingerprint density at radius 3 is 2.47 bits per heavy atom. The molecule has 0 spiro atoms. The van der Waals surface area contributed by atoms with Crippen LogP contribution in [0.15, 0.2) is 12.3 Å². The van der Waals surface area contributed by atoms with Gasteiger partial charge in [0.1, 0.15) is 11.7 Å². The van der Waals surface area contributed by atoms with Crippen molar-refractivity contribution in [2.24, 2.45) is 11.8 Å². The van der Waals surface area contributed by atoms with E-state index in [9.17, 15) is 22.8 Å². The summed E-state index contributed by atoms with van der Waals surface area (Å²) >= 11 is 6.37. The summed E-state index contributed by atoms with van der Waals surface area (Å²) < 4.78 is 42.3. The van der Waals surface area contributed by atoms with Gasteiger partial charge in [-0.2, -0.15) is 13.2 Å². The van der Waals surface area contributed by atoms with Crippen molar-refractivity contribution >= 4 is 29.1 Å². The first-order valence-electron chi connectivity index (χ1n) is 11.1. The maximum atomic E-state index is 13.7. The first-order valence-corrected chi connectivity index (χ1v) is 11.5. The van der Waals surface area contributed by atoms with E-state index < -0.39 is 17.6 Å². The second kappa shape index (κ2) is 6.85. The standard InChI is InChI=1S/C22H22ClF3N4O2/c23-19-17(27-20-15(22(24,25)26)8-12(9-30(19)20)11-4-5-11)21(32)28-6-7-29(16(31)10-28)18-13-2-1-3-14(13)18/h8-9,11,13-14,18H,1-7,10H2. The van der Waals surface area contributed by atoms with Gasteiger partial charge in [-0.3, -0.25) is 14.0 Å². The lowest BCUT2D eigenvalue weighted by molar-refractivity contribution is -0.137. The number of carbonyl (C=O) groups excluding carboxylic acids is 2. The van der Waals surface area contributed by atoms with Crippen LogP contribution in [0.25, 0.3) is 5.65 Å². The molecule has 4 aliphatic rings. The molecule has 32 heavy (non-hydrogen) atoms. The lowest BCUT2D eigenvalue weighted by Crippen LogP contribution is -2.53. The van der Waals surface area contributed by atoms with Crippen LogP contribution in [-0.2, 0) is 11.0 Å². The number of alkyl halides is 3. The van der Waals surface area contributed by atoms with Crippen LogP contribution >= 0.6 is 11.6 Å². The molecule has 2 aromatic rings. The van der Waals surface area contributed by atoms with Gasteiger partial charge in [0, 0.05) is 25.3 Å². The first kappa shape index (κ1) is 20.3. The summed E-state index contributed by atoms with van der Waals surface area (Å²) in [5, 5.41) is -0.149. The van der Waals surface area contributed by atoms with E-state index in [0.29, 0.717) is 36.5 Å². The van der Waals surface area contributed by atoms with Crippen LogP contribution in [0.4, 0.5) is 13.2 Å². The summed E-state index contributed by atoms with van der Waals surface area (Å²) in [6.45, 7) is 0.662. The average Bonchev–Trinajstić information content (AvgIpc) is 3.64. The highest BCUT2D eigenvalue weighted by molar-refractivity contribution is 6.33. The summed E-state index contributed by atoms with van der Waals surface area (Å²) in [7, 11) is 0. The monoisotopic (exact) mass is 466 g/mol. The van der Waals surface area contributed by atoms with Gasteiger partial charge in [-0.25, -0.2) is 4.98 Å². The van der Waals surface area contributed by atoms with E-state index in [1.807, 2.05) is 4.90 Å². The Kier molecular flexibility index (Phi) is 4.35. The fourth-order valence-electron chi connectivity index (χ4n) is 5.69. The van der Waals surface area contributed by atoms with Gasteiger partial charge in [0.15, 0.2) is 11.3 Å². The zero-order valence-corrected chi connectivity index (χ0v) is 18.0. The average molecular weight is 467 g/mol. The third kappa shape index (κ3) is 3.11. The van der Waals surface area contributed by atoms with Gasteiger partial charge in [0.2, 0.25) is 5.91 Å². The van der Waals surface area contributed by atoms with Crippen molar-refractivity contribution in [3.8, 4) is 0 Å². The Labute approximate surface area is 187 Å². The highest BCUT2D eigenvalue weighted by Crippen LogP contribution is 2.55. The molecule has 3 saturated carbocycles. The molecule has 1 saturated heterocycles. The Balaban J connectivity index is 1.28. The first-order chi connectivity index (χ1) is 15.2. The number of rotatable bonds is 3. The second-order valence-electron chi connectivity index (χ2n) is 9.47. The number of imidazole rings is 1. The van der Waals surface area contributed by atoms with Crippen LogP contribution in [0.5, 0.6) is 0 Å². The minimum Gasteiger partial charge on any atom is -0.336 e. The van der Waals surface area contributed by atoms with E-state index in [1.54, 1.807) is 6.20 Å². The molecule has 4 fully saturated rings. The van der Waals surface area contributed by atoms with Gasteiger partial charge in [0.05, 0.1) is 5.56 Å². The second-order valence-corrected chi connectivity index (χ2v) is 9.83. The topological polar surface area (TPSA) is 57.9 Å². The fraction of sp³-hybridized carbons (Fsp3) is 0.591. The zero-order valence-electron chi connectivity index (χ0n) is 17.2. The number of hydrogen-bond acceptors (Lipinski definition) is 3. The van der Waals surface area contributed by atoms with Gasteiger partial charge in [-0.15, -0.1) is 0 Å². The number of nitrogens with zero attached hydrogens (tertiary/aromatic N) is 4. The van der Waals surface area contributed by atoms with E-state index in [4.69, 9.17) is 11.6 Å². The maximum absolute atomic E-state index is 13.7. The number of piperazine rings is 1. The van der Waals surface area contributed by atoms with Crippen LogP contribution in [0.2, 0.25) is 5.15 Å². The molecule has 0 aromatic carbocycles. The Bertz CT molecular complexity index is 1130. The third-order valence-electron chi connectivity index (χ3n) is 7.51. The Morgan fingerprint density at radius 2 is 1.84 bits per heavy atom. The largest absolute Gasteiger partial charge is 0.419 e. The predicted octanol–water partition coefficient (Wildman–Crippen LogP) is 3.97. The highest BCUT2D eigenvalue weighted by Gasteiger charge is 2.57. The summed E-state index contributed by atoms with van der Waals surface area (Å²) in [6, 6.07) is 1.40. The molecular weight excluding hydrogens is 445 g/mol. The molecule has 2 aromatic heterocycles. The predicted molar refractivity (Wildman–Crippen MR) is 109 cm³/mol. The summed E-state index contributed by atoms with van der Waals surface area (Å²) in [5.74, 6) is 0.538. The molecule has 0 N–H and O–H groups in total. The fourth-order valence-corrected chi connectivity index (χ4v) is 5.95. The number of carbonyl (C=O) groups is 2. The number of pyridine rings is 1. The SMILES string of the molecule is O=C(c1nc2c(C(F)(F)F)cc(C3CC3)cn2c1Cl)N1CCN(C2C3CCCC32)C(=O)C1. The van der Waals surface area contributed by atoms with Gasteiger partial charge in [0.25, 0.3) is 5.91 Å². The minimum atomic E-state index is -4.62. The van der Waals surface area contributed by atoms with E-state index in [2.05, 4.69) is 4.98 Å². The van der Waals surface area contributed by atoms with E-state index in [-0.39, 0.29) is 34.9 Å². The quantitative estimate of drug-likeness (QED) is 0.688. The van der Waals surface area contributed by atoms with Gasteiger partial charge in [-0.1, -0.05) is 18.0 Å². The Hall–Kier alpha value is -2.29. The lowest BCUT2D eigenvalue weighted by Gasteiger charge is -2.35. The number of amides is 2. The molecule has 10 heteroatoms. The lowest BCUT2D eigenvalue weighted by atomic mass is 10.1. The van der Waals surface area contributed by atoms with E-state index in [1.165, 1.54) is 11.3 Å². The molecule has 3 heterocycles. The van der Waals surface area contributed by atoms with Crippen molar-refractivity contribution in [2.75, 3.05) is 19.6 Å². The van der Waals surface area contributed by atoms with Crippen LogP contribution in [0, 0.1) is 11.8 Å². The van der Waals surface area contributed by atoms with Crippen molar-refractivity contribution in [3.63, 3.8) is 0 Å². The van der Waals surface area contributed by atoms with Crippen LogP contribution in [-0.4, -0.2) is 56.7 Å². The molecule has 6 rings (SSSR count). The van der Waals surface area contributed by atoms with Gasteiger partial charge >= 0.3 is 6.18 Å². The summed E-state index contributed by atoms with van der Waals surface area (Å²) in [6.07, 6.45) is 2.11. The van der Waals surface area contributed by atoms with Crippen molar-refractivity contribution in [1.82, 2.24) is 19.2 Å². The normalized spacial score (nSPS) is 27.9. The number of hydrogen-bond donors (Lipinski definition) is 0. The van der Waals surface area contributed by atoms with Gasteiger partial charge in [-0.05, 0) is 55.1 Å². The summed E-state index contributed by atoms with van der Waals surface area (Å²) in [4.78, 5) is 33.1. The molecule has 3 aliphatic carbocycles. The molecule has 2 amide bonds. The van der Waals surface area contributed by atoms with Crippen LogP contribution in [0.3, 0.4) is 0 Å². The van der Waals surface area contributed by atoms with Gasteiger partial charge < -0.3 is 9.80 Å². The molecule has 6 nitrogen and oxygen atoms in total. The van der Waals surface area contributed by atoms with Crippen molar-refractivity contribution < 1.29 is 22.8 Å². The molecule has 170 valence electrons. The Morgan fingerprint density at radius 1 is 1.12 bits per heavy atom. The van der Waals surface area contributed by atoms with Crippen molar-refractivity contribution in [3.05, 3.63) is 34.2 Å². The maximum Gasteiger partial charge on any atom is 0.419 e. The molecule has 0 radical (unpaired) electrons.